The van der Waals surface area contributed by atoms with Crippen molar-refractivity contribution in [2.75, 3.05) is 6.54 Å². The van der Waals surface area contributed by atoms with Gasteiger partial charge < -0.3 is 38.0 Å². The van der Waals surface area contributed by atoms with E-state index in [0.717, 1.165) is 0 Å². The summed E-state index contributed by atoms with van der Waals surface area (Å²) in [6, 6.07) is -3.39. The van der Waals surface area contributed by atoms with Crippen LogP contribution in [0.25, 0.3) is 0 Å². The Balaban J connectivity index is 4.94. The number of aliphatic hydroxyl groups is 1. The van der Waals surface area contributed by atoms with Crippen LogP contribution in [-0.2, 0) is 14.4 Å². The number of guanidine groups is 1. The number of aliphatic hydroxyl groups excluding tert-OH is 1. The van der Waals surface area contributed by atoms with Crippen LogP contribution >= 0.6 is 0 Å². The van der Waals surface area contributed by atoms with Gasteiger partial charge in [-0.15, -0.1) is 0 Å². The average Bonchev–Trinajstić information content (AvgIpc) is 2.59. The molecule has 0 saturated carbocycles. The molecule has 11 heteroatoms. The van der Waals surface area contributed by atoms with Crippen LogP contribution in [-0.4, -0.2) is 64.7 Å². The number of carbonyl (C=O) groups excluding carboxylic acids is 2. The number of nitrogens with one attached hydrogen (secondary N) is 2. The van der Waals surface area contributed by atoms with Gasteiger partial charge >= 0.3 is 5.97 Å². The van der Waals surface area contributed by atoms with Crippen LogP contribution in [0.5, 0.6) is 0 Å². The first kappa shape index (κ1) is 24.6. The van der Waals surface area contributed by atoms with Gasteiger partial charge in [-0.1, -0.05) is 20.3 Å². The topological polar surface area (TPSA) is 206 Å². The second-order valence-electron chi connectivity index (χ2n) is 6.49. The van der Waals surface area contributed by atoms with Crippen molar-refractivity contribution in [1.82, 2.24) is 10.6 Å². The van der Waals surface area contributed by atoms with Gasteiger partial charge in [0.2, 0.25) is 11.8 Å². The number of carboxylic acids is 1. The summed E-state index contributed by atoms with van der Waals surface area (Å²) in [5, 5.41) is 23.8. The maximum Gasteiger partial charge on any atom is 0.326 e. The van der Waals surface area contributed by atoms with Gasteiger partial charge in [0.25, 0.3) is 0 Å². The Morgan fingerprint density at radius 3 is 2.15 bits per heavy atom. The fraction of sp³-hybridized carbons (Fsp3) is 0.750. The van der Waals surface area contributed by atoms with Crippen molar-refractivity contribution in [1.29, 1.82) is 0 Å². The van der Waals surface area contributed by atoms with Gasteiger partial charge in [-0.25, -0.2) is 4.79 Å². The summed E-state index contributed by atoms with van der Waals surface area (Å²) in [7, 11) is 0. The first-order valence-electron chi connectivity index (χ1n) is 8.83. The number of carboxylic acid groups (broad SMARTS) is 1. The molecule has 0 aliphatic carbocycles. The number of hydrogen-bond acceptors (Lipinski definition) is 6. The smallest absolute Gasteiger partial charge is 0.326 e. The Morgan fingerprint density at radius 1 is 1.11 bits per heavy atom. The van der Waals surface area contributed by atoms with E-state index >= 15 is 0 Å². The van der Waals surface area contributed by atoms with E-state index in [1.54, 1.807) is 6.92 Å². The number of amides is 2. The van der Waals surface area contributed by atoms with Crippen molar-refractivity contribution in [3.63, 3.8) is 0 Å². The first-order chi connectivity index (χ1) is 12.5. The van der Waals surface area contributed by atoms with Gasteiger partial charge in [0.15, 0.2) is 5.96 Å². The highest BCUT2D eigenvalue weighted by Crippen LogP contribution is 2.07. The molecular formula is C16H32N6O5. The van der Waals surface area contributed by atoms with Crippen molar-refractivity contribution in [2.24, 2.45) is 28.1 Å². The molecule has 156 valence electrons. The lowest BCUT2D eigenvalue weighted by molar-refractivity contribution is -0.143. The van der Waals surface area contributed by atoms with Crippen LogP contribution in [0.2, 0.25) is 0 Å². The van der Waals surface area contributed by atoms with E-state index in [1.807, 2.05) is 6.92 Å². The third-order valence-electron chi connectivity index (χ3n) is 4.18. The minimum Gasteiger partial charge on any atom is -0.480 e. The molecule has 10 N–H and O–H groups in total. The highest BCUT2D eigenvalue weighted by Gasteiger charge is 2.31. The largest absolute Gasteiger partial charge is 0.480 e. The third kappa shape index (κ3) is 9.20. The Labute approximate surface area is 158 Å². The molecule has 0 aliphatic rings. The average molecular weight is 388 g/mol. The van der Waals surface area contributed by atoms with E-state index in [0.29, 0.717) is 12.8 Å². The van der Waals surface area contributed by atoms with Gasteiger partial charge in [-0.2, -0.15) is 0 Å². The zero-order valence-electron chi connectivity index (χ0n) is 16.0. The highest BCUT2D eigenvalue weighted by molar-refractivity contribution is 5.92. The van der Waals surface area contributed by atoms with Gasteiger partial charge in [0, 0.05) is 6.54 Å². The van der Waals surface area contributed by atoms with Gasteiger partial charge in [-0.3, -0.25) is 14.6 Å². The zero-order valence-corrected chi connectivity index (χ0v) is 16.0. The molecular weight excluding hydrogens is 356 g/mol. The van der Waals surface area contributed by atoms with E-state index < -0.39 is 42.0 Å². The lowest BCUT2D eigenvalue weighted by Gasteiger charge is -2.26. The summed E-state index contributed by atoms with van der Waals surface area (Å²) in [4.78, 5) is 39.6. The minimum atomic E-state index is -1.33. The molecule has 0 radical (unpaired) electrons. The molecule has 0 aromatic carbocycles. The fourth-order valence-corrected chi connectivity index (χ4v) is 2.19. The highest BCUT2D eigenvalue weighted by atomic mass is 16.4. The normalized spacial score (nSPS) is 16.3. The SMILES string of the molecule is CCC(C)C(N)C(=O)NC(C(=O)NC(CCCN=C(N)N)C(=O)O)C(C)O. The Morgan fingerprint density at radius 2 is 1.70 bits per heavy atom. The quantitative estimate of drug-likeness (QED) is 0.111. The lowest BCUT2D eigenvalue weighted by atomic mass is 9.98. The second kappa shape index (κ2) is 12.1. The van der Waals surface area contributed by atoms with Crippen LogP contribution < -0.4 is 27.8 Å². The van der Waals surface area contributed by atoms with E-state index in [9.17, 15) is 24.6 Å². The van der Waals surface area contributed by atoms with Gasteiger partial charge in [0.05, 0.1) is 12.1 Å². The molecule has 0 rings (SSSR count). The van der Waals surface area contributed by atoms with Crippen LogP contribution in [0.4, 0.5) is 0 Å². The minimum absolute atomic E-state index is 0.0741. The van der Waals surface area contributed by atoms with Crippen molar-refractivity contribution >= 4 is 23.7 Å². The van der Waals surface area contributed by atoms with Crippen molar-refractivity contribution < 1.29 is 24.6 Å². The summed E-state index contributed by atoms with van der Waals surface area (Å²) < 4.78 is 0. The van der Waals surface area contributed by atoms with Gasteiger partial charge in [0.1, 0.15) is 12.1 Å². The van der Waals surface area contributed by atoms with Crippen LogP contribution in [0.15, 0.2) is 4.99 Å². The second-order valence-corrected chi connectivity index (χ2v) is 6.49. The van der Waals surface area contributed by atoms with Crippen molar-refractivity contribution in [3.8, 4) is 0 Å². The standard InChI is InChI=1S/C16H32N6O5/c1-4-8(2)11(17)13(24)22-12(9(3)23)14(25)21-10(15(26)27)6-5-7-20-16(18)19/h8-12,23H,4-7,17H2,1-3H3,(H,21,25)(H,22,24)(H,26,27)(H4,18,19,20). The zero-order chi connectivity index (χ0) is 21.1. The summed E-state index contributed by atoms with van der Waals surface area (Å²) in [5.41, 5.74) is 16.2. The number of nitrogens with zero attached hydrogens (tertiary/aromatic N) is 1. The Bertz CT molecular complexity index is 535. The summed E-state index contributed by atoms with van der Waals surface area (Å²) in [5.74, 6) is -2.89. The van der Waals surface area contributed by atoms with E-state index in [2.05, 4.69) is 15.6 Å². The van der Waals surface area contributed by atoms with E-state index in [4.69, 9.17) is 17.2 Å². The summed E-state index contributed by atoms with van der Waals surface area (Å²) in [6.07, 6.45) is -0.185. The summed E-state index contributed by atoms with van der Waals surface area (Å²) in [6.45, 7) is 5.19. The van der Waals surface area contributed by atoms with E-state index in [-0.39, 0.29) is 24.8 Å². The Hall–Kier alpha value is -2.40. The molecule has 5 unspecified atom stereocenters. The fourth-order valence-electron chi connectivity index (χ4n) is 2.19. The maximum absolute atomic E-state index is 12.4. The first-order valence-corrected chi connectivity index (χ1v) is 8.83. The summed E-state index contributed by atoms with van der Waals surface area (Å²) >= 11 is 0. The van der Waals surface area contributed by atoms with Crippen molar-refractivity contribution in [3.05, 3.63) is 0 Å². The molecule has 0 fully saturated rings. The molecule has 27 heavy (non-hydrogen) atoms. The Kier molecular flexibility index (Phi) is 11.0. The number of hydrogen-bond donors (Lipinski definition) is 7. The number of aliphatic imine (C=N–C) groups is 1. The third-order valence-corrected chi connectivity index (χ3v) is 4.18. The number of aliphatic carboxylic acids is 1. The molecule has 5 atom stereocenters. The molecule has 0 aromatic heterocycles. The molecule has 0 spiro atoms. The molecule has 2 amide bonds. The predicted molar refractivity (Wildman–Crippen MR) is 101 cm³/mol. The van der Waals surface area contributed by atoms with Crippen LogP contribution in [0, 0.1) is 5.92 Å². The lowest BCUT2D eigenvalue weighted by Crippen LogP contribution is -2.58. The predicted octanol–water partition coefficient (Wildman–Crippen LogP) is -2.15. The molecule has 0 saturated heterocycles. The molecule has 0 bridgehead atoms. The van der Waals surface area contributed by atoms with Gasteiger partial charge in [-0.05, 0) is 25.7 Å². The number of nitrogens with two attached hydrogens (primary N) is 3. The molecule has 11 nitrogen and oxygen atoms in total. The monoisotopic (exact) mass is 388 g/mol. The number of carbonyl (C=O) groups is 3. The number of rotatable bonds is 12. The van der Waals surface area contributed by atoms with Crippen molar-refractivity contribution in [2.45, 2.75) is 64.3 Å². The van der Waals surface area contributed by atoms with E-state index in [1.165, 1.54) is 6.92 Å². The molecule has 0 aliphatic heterocycles. The van der Waals surface area contributed by atoms with Crippen LogP contribution in [0.3, 0.4) is 0 Å². The molecule has 0 heterocycles. The van der Waals surface area contributed by atoms with Crippen LogP contribution in [0.1, 0.15) is 40.0 Å². The molecule has 0 aromatic rings. The maximum atomic E-state index is 12.4.